The largest absolute Gasteiger partial charge is 0.325 e. The van der Waals surface area contributed by atoms with Gasteiger partial charge in [-0.3, -0.25) is 9.59 Å². The summed E-state index contributed by atoms with van der Waals surface area (Å²) in [7, 11) is 0. The number of carbonyl (C=O) groups excluding carboxylic acids is 2. The molecule has 0 atom stereocenters. The quantitative estimate of drug-likeness (QED) is 0.519. The zero-order valence-electron chi connectivity index (χ0n) is 11.8. The molecule has 0 fully saturated rings. The van der Waals surface area contributed by atoms with E-state index in [-0.39, 0.29) is 18.0 Å². The average Bonchev–Trinajstić information content (AvgIpc) is 2.21. The van der Waals surface area contributed by atoms with E-state index in [0.717, 1.165) is 0 Å². The smallest absolute Gasteiger partial charge is 0.137 e. The van der Waals surface area contributed by atoms with Crippen molar-refractivity contribution >= 4 is 11.6 Å². The molecule has 96 valence electrons. The van der Waals surface area contributed by atoms with E-state index < -0.39 is 0 Å². The van der Waals surface area contributed by atoms with Gasteiger partial charge in [0.05, 0.1) is 32.6 Å². The fraction of sp³-hybridized carbons (Fsp3) is 0.846. The van der Waals surface area contributed by atoms with Gasteiger partial charge in [-0.2, -0.15) is 0 Å². The van der Waals surface area contributed by atoms with Gasteiger partial charge in [-0.1, -0.05) is 0 Å². The highest BCUT2D eigenvalue weighted by Crippen LogP contribution is 2.03. The summed E-state index contributed by atoms with van der Waals surface area (Å²) in [5, 5.41) is 0. The van der Waals surface area contributed by atoms with Crippen LogP contribution in [0.4, 0.5) is 0 Å². The van der Waals surface area contributed by atoms with Crippen molar-refractivity contribution in [3.05, 3.63) is 0 Å². The third kappa shape index (κ3) is 8.60. The molecule has 0 aliphatic heterocycles. The Hall–Kier alpha value is -0.700. The van der Waals surface area contributed by atoms with Crippen LogP contribution in [0.15, 0.2) is 0 Å². The van der Waals surface area contributed by atoms with Crippen molar-refractivity contribution in [1.29, 1.82) is 0 Å². The van der Waals surface area contributed by atoms with Gasteiger partial charge < -0.3 is 4.48 Å². The van der Waals surface area contributed by atoms with Crippen LogP contribution >= 0.6 is 0 Å². The van der Waals surface area contributed by atoms with E-state index in [9.17, 15) is 9.59 Å². The number of nitrogens with zero attached hydrogens (tertiary/aromatic N) is 1. The van der Waals surface area contributed by atoms with Gasteiger partial charge in [0.2, 0.25) is 0 Å². The van der Waals surface area contributed by atoms with E-state index in [1.165, 1.54) is 44.5 Å². The summed E-state index contributed by atoms with van der Waals surface area (Å²) < 4.78 is 1.28. The normalized spacial score (nSPS) is 10.4. The second kappa shape index (κ2) is 9.52. The zero-order valence-corrected chi connectivity index (χ0v) is 11.8. The lowest BCUT2D eigenvalue weighted by Crippen LogP contribution is -2.47. The number of ketones is 2. The van der Waals surface area contributed by atoms with E-state index >= 15 is 0 Å². The van der Waals surface area contributed by atoms with Gasteiger partial charge in [0, 0.05) is 0 Å². The van der Waals surface area contributed by atoms with Crippen LogP contribution in [-0.2, 0) is 9.59 Å². The van der Waals surface area contributed by atoms with Crippen LogP contribution in [0.3, 0.4) is 0 Å². The maximum absolute atomic E-state index is 10.0. The number of hydrogen-bond donors (Lipinski definition) is 0. The van der Waals surface area contributed by atoms with Crippen LogP contribution in [-0.4, -0.2) is 42.2 Å². The predicted molar refractivity (Wildman–Crippen MR) is 68.4 cm³/mol. The number of quaternary nitrogens is 1. The molecule has 0 rings (SSSR count). The van der Waals surface area contributed by atoms with Crippen LogP contribution in [0.5, 0.6) is 0 Å². The Morgan fingerprint density at radius 1 is 0.750 bits per heavy atom. The zero-order chi connectivity index (χ0) is 13.2. The first-order valence-electron chi connectivity index (χ1n) is 6.21. The summed E-state index contributed by atoms with van der Waals surface area (Å²) in [6.07, 6.45) is 0.0833. The van der Waals surface area contributed by atoms with Crippen molar-refractivity contribution in [2.75, 3.05) is 26.2 Å². The fourth-order valence-electron chi connectivity index (χ4n) is 1.69. The van der Waals surface area contributed by atoms with Gasteiger partial charge in [0.15, 0.2) is 0 Å². The topological polar surface area (TPSA) is 34.1 Å². The third-order valence-electron chi connectivity index (χ3n) is 3.18. The molecular formula is C13H28NO2+. The van der Waals surface area contributed by atoms with Crippen LogP contribution in [0.25, 0.3) is 0 Å². The average molecular weight is 230 g/mol. The maximum atomic E-state index is 10.0. The Kier molecular flexibility index (Phi) is 10.5. The minimum absolute atomic E-state index is 0.0625. The van der Waals surface area contributed by atoms with Crippen LogP contribution in [0.1, 0.15) is 48.0 Å². The first-order chi connectivity index (χ1) is 7.37. The molecule has 0 aromatic heterocycles. The molecule has 0 bridgehead atoms. The first-order valence-corrected chi connectivity index (χ1v) is 6.21. The number of hydrogen-bond acceptors (Lipinski definition) is 2. The fourth-order valence-corrected chi connectivity index (χ4v) is 1.69. The highest BCUT2D eigenvalue weighted by atomic mass is 16.1. The Morgan fingerprint density at radius 2 is 1.00 bits per heavy atom. The molecule has 0 unspecified atom stereocenters. The van der Waals surface area contributed by atoms with E-state index in [2.05, 4.69) is 27.7 Å². The maximum Gasteiger partial charge on any atom is 0.137 e. The summed E-state index contributed by atoms with van der Waals surface area (Å²) in [5.41, 5.74) is 0. The molecule has 0 heterocycles. The molecule has 3 heteroatoms. The summed E-state index contributed by atoms with van der Waals surface area (Å²) >= 11 is 0. The monoisotopic (exact) mass is 230 g/mol. The van der Waals surface area contributed by atoms with Crippen molar-refractivity contribution in [3.8, 4) is 0 Å². The lowest BCUT2D eigenvalue weighted by molar-refractivity contribution is -0.921. The van der Waals surface area contributed by atoms with E-state index in [1.54, 1.807) is 0 Å². The van der Waals surface area contributed by atoms with Crippen molar-refractivity contribution in [3.63, 3.8) is 0 Å². The first kappa shape index (κ1) is 17.7. The van der Waals surface area contributed by atoms with E-state index in [1.807, 2.05) is 0 Å². The lowest BCUT2D eigenvalue weighted by atomic mass is 10.2. The van der Waals surface area contributed by atoms with Crippen molar-refractivity contribution in [1.82, 2.24) is 0 Å². The summed E-state index contributed by atoms with van der Waals surface area (Å²) in [6, 6.07) is 0. The van der Waals surface area contributed by atoms with Gasteiger partial charge in [0.1, 0.15) is 11.6 Å². The van der Waals surface area contributed by atoms with Crippen molar-refractivity contribution in [2.45, 2.75) is 48.0 Å². The van der Waals surface area contributed by atoms with Crippen LogP contribution in [0, 0.1) is 0 Å². The van der Waals surface area contributed by atoms with Gasteiger partial charge >= 0.3 is 0 Å². The van der Waals surface area contributed by atoms with Gasteiger partial charge in [-0.05, 0) is 41.5 Å². The molecule has 0 aromatic carbocycles. The highest BCUT2D eigenvalue weighted by molar-refractivity contribution is 5.96. The van der Waals surface area contributed by atoms with Gasteiger partial charge in [-0.15, -0.1) is 0 Å². The Bertz CT molecular complexity index is 178. The van der Waals surface area contributed by atoms with E-state index in [4.69, 9.17) is 0 Å². The molecule has 0 saturated carbocycles. The summed E-state index contributed by atoms with van der Waals surface area (Å²) in [5.74, 6) is -0.125. The lowest BCUT2D eigenvalue weighted by Gasteiger charge is -2.34. The predicted octanol–water partition coefficient (Wildman–Crippen LogP) is 2.44. The Morgan fingerprint density at radius 3 is 1.00 bits per heavy atom. The molecular weight excluding hydrogens is 202 g/mol. The second-order valence-corrected chi connectivity index (χ2v) is 4.19. The van der Waals surface area contributed by atoms with Crippen LogP contribution in [0.2, 0.25) is 0 Å². The minimum Gasteiger partial charge on any atom is -0.325 e. The van der Waals surface area contributed by atoms with Gasteiger partial charge in [-0.25, -0.2) is 0 Å². The molecule has 0 spiro atoms. The SMILES string of the molecule is CC(=O)CC(C)=O.CC[N+](CC)(CC)CC. The third-order valence-corrected chi connectivity index (χ3v) is 3.18. The van der Waals surface area contributed by atoms with E-state index in [0.29, 0.717) is 0 Å². The second-order valence-electron chi connectivity index (χ2n) is 4.19. The Labute approximate surface area is 100 Å². The minimum atomic E-state index is -0.0625. The molecule has 0 amide bonds. The molecule has 3 nitrogen and oxygen atoms in total. The molecule has 0 aliphatic rings. The number of carbonyl (C=O) groups is 2. The standard InChI is InChI=1S/C8H20N.C5H8O2/c1-5-9(6-2,7-3)8-4;1-4(6)3-5(2)7/h5-8H2,1-4H3;3H2,1-2H3/q+1;. The number of rotatable bonds is 6. The molecule has 0 aromatic rings. The highest BCUT2D eigenvalue weighted by Gasteiger charge is 2.16. The van der Waals surface area contributed by atoms with Crippen LogP contribution < -0.4 is 0 Å². The molecule has 0 radical (unpaired) electrons. The molecule has 0 aliphatic carbocycles. The van der Waals surface area contributed by atoms with Crippen molar-refractivity contribution in [2.24, 2.45) is 0 Å². The Balaban J connectivity index is 0. The molecule has 0 saturated heterocycles. The number of Topliss-reactive ketones (excluding diaryl/α,β-unsaturated/α-hetero) is 2. The molecule has 16 heavy (non-hydrogen) atoms. The van der Waals surface area contributed by atoms with Crippen molar-refractivity contribution < 1.29 is 14.1 Å². The summed E-state index contributed by atoms with van der Waals surface area (Å²) in [4.78, 5) is 20.1. The summed E-state index contributed by atoms with van der Waals surface area (Å²) in [6.45, 7) is 17.0. The van der Waals surface area contributed by atoms with Gasteiger partial charge in [0.25, 0.3) is 0 Å². The molecule has 0 N–H and O–H groups in total.